The van der Waals surface area contributed by atoms with Gasteiger partial charge in [-0.2, -0.15) is 0 Å². The second kappa shape index (κ2) is 11.6. The number of thioether (sulfide) groups is 1. The Labute approximate surface area is 228 Å². The largest absolute Gasteiger partial charge is 0.462 e. The second-order valence-electron chi connectivity index (χ2n) is 8.64. The van der Waals surface area contributed by atoms with Gasteiger partial charge in [0.2, 0.25) is 18.6 Å². The third kappa shape index (κ3) is 6.20. The van der Waals surface area contributed by atoms with Gasteiger partial charge in [-0.25, -0.2) is 14.2 Å². The van der Waals surface area contributed by atoms with E-state index in [1.807, 2.05) is 6.07 Å². The Morgan fingerprint density at radius 3 is 2.56 bits per heavy atom. The first-order valence-electron chi connectivity index (χ1n) is 12.2. The molecule has 2 amide bonds. The number of fused-ring (bicyclic) bond motifs is 1. The molecule has 0 radical (unpaired) electrons. The van der Waals surface area contributed by atoms with E-state index in [1.165, 1.54) is 29.2 Å². The molecule has 0 spiro atoms. The number of rotatable bonds is 7. The van der Waals surface area contributed by atoms with Crippen molar-refractivity contribution in [2.24, 2.45) is 4.99 Å². The number of nitrogens with zero attached hydrogens (tertiary/aromatic N) is 2. The molecule has 200 valence electrons. The molecule has 3 aromatic rings. The lowest BCUT2D eigenvalue weighted by atomic mass is 10.1. The van der Waals surface area contributed by atoms with Crippen molar-refractivity contribution in [2.75, 3.05) is 18.7 Å². The Bertz CT molecular complexity index is 1430. The van der Waals surface area contributed by atoms with Gasteiger partial charge in [0.15, 0.2) is 16.7 Å². The topological polar surface area (TPSA) is 107 Å². The van der Waals surface area contributed by atoms with Crippen LogP contribution in [-0.4, -0.2) is 46.5 Å². The zero-order valence-corrected chi connectivity index (χ0v) is 21.7. The average molecular weight is 550 g/mol. The molecule has 0 bridgehead atoms. The summed E-state index contributed by atoms with van der Waals surface area (Å²) in [6.07, 6.45) is -0.0512. The predicted molar refractivity (Wildman–Crippen MR) is 144 cm³/mol. The fraction of sp³-hybridized carbons (Fsp3) is 0.214. The Hall–Kier alpha value is -4.38. The number of esters is 1. The monoisotopic (exact) mass is 549 g/mol. The molecule has 2 heterocycles. The number of anilines is 1. The zero-order valence-electron chi connectivity index (χ0n) is 20.9. The maximum absolute atomic E-state index is 13.5. The summed E-state index contributed by atoms with van der Waals surface area (Å²) in [5.41, 5.74) is 2.08. The Balaban J connectivity index is 1.35. The normalized spacial score (nSPS) is 17.3. The number of hydrogen-bond donors (Lipinski definition) is 1. The van der Waals surface area contributed by atoms with Crippen LogP contribution in [0.3, 0.4) is 0 Å². The summed E-state index contributed by atoms with van der Waals surface area (Å²) < 4.78 is 29.3. The fourth-order valence-electron chi connectivity index (χ4n) is 3.97. The van der Waals surface area contributed by atoms with Crippen LogP contribution in [0.25, 0.3) is 0 Å². The molecule has 1 fully saturated rings. The molecule has 5 rings (SSSR count). The van der Waals surface area contributed by atoms with E-state index in [0.717, 1.165) is 17.3 Å². The maximum atomic E-state index is 13.5. The number of aliphatic imine (C=N–C) groups is 1. The third-order valence-electron chi connectivity index (χ3n) is 5.92. The highest BCUT2D eigenvalue weighted by Gasteiger charge is 2.36. The molecule has 1 N–H and O–H groups in total. The lowest BCUT2D eigenvalue weighted by molar-refractivity contribution is -0.129. The predicted octanol–water partition coefficient (Wildman–Crippen LogP) is 4.89. The number of amidine groups is 1. The molecule has 1 saturated heterocycles. The molecule has 2 aliphatic heterocycles. The average Bonchev–Trinajstić information content (AvgIpc) is 3.40. The third-order valence-corrected chi connectivity index (χ3v) is 7.11. The summed E-state index contributed by atoms with van der Waals surface area (Å²) in [7, 11) is 0. The van der Waals surface area contributed by atoms with Crippen molar-refractivity contribution in [3.63, 3.8) is 0 Å². The van der Waals surface area contributed by atoms with Gasteiger partial charge in [-0.1, -0.05) is 17.8 Å². The Morgan fingerprint density at radius 2 is 1.82 bits per heavy atom. The minimum absolute atomic E-state index is 0.0512. The minimum atomic E-state index is -0.755. The number of carbonyl (C=O) groups excluding carboxylic acids is 3. The molecule has 9 nitrogen and oxygen atoms in total. The van der Waals surface area contributed by atoms with Gasteiger partial charge in [-0.3, -0.25) is 14.5 Å². The number of carbonyl (C=O) groups is 3. The summed E-state index contributed by atoms with van der Waals surface area (Å²) in [5.74, 6) is -0.308. The smallest absolute Gasteiger partial charge is 0.338 e. The fourth-order valence-corrected chi connectivity index (χ4v) is 5.07. The molecule has 3 aromatic carbocycles. The number of nitrogens with one attached hydrogen (secondary N) is 1. The Morgan fingerprint density at radius 1 is 1.08 bits per heavy atom. The van der Waals surface area contributed by atoms with Gasteiger partial charge >= 0.3 is 5.97 Å². The van der Waals surface area contributed by atoms with Crippen LogP contribution < -0.4 is 14.8 Å². The van der Waals surface area contributed by atoms with Crippen LogP contribution in [0.2, 0.25) is 0 Å². The SMILES string of the molecule is CCOC(=O)c1ccc(NC(=O)C2CC(=O)N(Cc3ccc4c(c3)OCO4)C(=Nc3ccc(F)cc3)S2)cc1. The standard InChI is InChI=1S/C28H24FN3O6S/c1-2-36-27(35)18-4-8-20(9-5-18)30-26(34)24-14-25(33)32(15-17-3-12-22-23(13-17)38-16-37-22)28(39-24)31-21-10-6-19(29)7-11-21/h3-13,24H,2,14-16H2,1H3,(H,30,34). The number of halogens is 1. The summed E-state index contributed by atoms with van der Waals surface area (Å²) in [4.78, 5) is 44.4. The molecule has 11 heteroatoms. The van der Waals surface area contributed by atoms with Crippen molar-refractivity contribution >= 4 is 46.1 Å². The van der Waals surface area contributed by atoms with Crippen molar-refractivity contribution in [2.45, 2.75) is 25.1 Å². The molecular weight excluding hydrogens is 525 g/mol. The van der Waals surface area contributed by atoms with E-state index in [4.69, 9.17) is 14.2 Å². The van der Waals surface area contributed by atoms with E-state index in [-0.39, 0.29) is 38.2 Å². The van der Waals surface area contributed by atoms with Crippen molar-refractivity contribution in [1.82, 2.24) is 4.90 Å². The maximum Gasteiger partial charge on any atom is 0.338 e. The van der Waals surface area contributed by atoms with Crippen LogP contribution in [-0.2, 0) is 20.9 Å². The van der Waals surface area contributed by atoms with E-state index >= 15 is 0 Å². The summed E-state index contributed by atoms with van der Waals surface area (Å²) >= 11 is 1.15. The van der Waals surface area contributed by atoms with E-state index in [1.54, 1.807) is 43.3 Å². The van der Waals surface area contributed by atoms with Crippen LogP contribution >= 0.6 is 11.8 Å². The van der Waals surface area contributed by atoms with Crippen molar-refractivity contribution in [3.05, 3.63) is 83.7 Å². The first-order valence-corrected chi connectivity index (χ1v) is 13.1. The van der Waals surface area contributed by atoms with E-state index in [9.17, 15) is 18.8 Å². The molecule has 0 aliphatic carbocycles. The van der Waals surface area contributed by atoms with Crippen LogP contribution in [0.1, 0.15) is 29.3 Å². The van der Waals surface area contributed by atoms with Crippen molar-refractivity contribution < 1.29 is 33.0 Å². The Kier molecular flexibility index (Phi) is 7.78. The zero-order chi connectivity index (χ0) is 27.4. The molecule has 1 atom stereocenters. The van der Waals surface area contributed by atoms with Crippen molar-refractivity contribution in [1.29, 1.82) is 0 Å². The molecular formula is C28H24FN3O6S. The van der Waals surface area contributed by atoms with Gasteiger partial charge in [0, 0.05) is 12.1 Å². The highest BCUT2D eigenvalue weighted by atomic mass is 32.2. The molecule has 0 saturated carbocycles. The summed E-state index contributed by atoms with van der Waals surface area (Å²) in [6.45, 7) is 2.32. The summed E-state index contributed by atoms with van der Waals surface area (Å²) in [5, 5.41) is 2.36. The number of benzene rings is 3. The van der Waals surface area contributed by atoms with Crippen LogP contribution in [0.4, 0.5) is 15.8 Å². The first kappa shape index (κ1) is 26.2. The van der Waals surface area contributed by atoms with E-state index < -0.39 is 17.0 Å². The number of hydrogen-bond acceptors (Lipinski definition) is 8. The second-order valence-corrected chi connectivity index (χ2v) is 9.81. The minimum Gasteiger partial charge on any atom is -0.462 e. The molecule has 2 aliphatic rings. The van der Waals surface area contributed by atoms with E-state index in [2.05, 4.69) is 10.3 Å². The highest BCUT2D eigenvalue weighted by molar-refractivity contribution is 8.15. The summed E-state index contributed by atoms with van der Waals surface area (Å²) in [6, 6.07) is 17.3. The van der Waals surface area contributed by atoms with Crippen molar-refractivity contribution in [3.8, 4) is 11.5 Å². The molecule has 39 heavy (non-hydrogen) atoms. The van der Waals surface area contributed by atoms with Gasteiger partial charge in [0.1, 0.15) is 11.1 Å². The van der Waals surface area contributed by atoms with Gasteiger partial charge in [-0.15, -0.1) is 0 Å². The quantitative estimate of drug-likeness (QED) is 0.418. The molecule has 0 aromatic heterocycles. The number of amides is 2. The highest BCUT2D eigenvalue weighted by Crippen LogP contribution is 2.35. The lowest BCUT2D eigenvalue weighted by Gasteiger charge is -2.32. The lowest BCUT2D eigenvalue weighted by Crippen LogP contribution is -2.44. The number of ether oxygens (including phenoxy) is 3. The molecule has 1 unspecified atom stereocenters. The van der Waals surface area contributed by atoms with Crippen LogP contribution in [0.15, 0.2) is 71.7 Å². The van der Waals surface area contributed by atoms with Crippen LogP contribution in [0, 0.1) is 5.82 Å². The van der Waals surface area contributed by atoms with Gasteiger partial charge in [-0.05, 0) is 73.2 Å². The van der Waals surface area contributed by atoms with Gasteiger partial charge in [0.05, 0.1) is 24.4 Å². The van der Waals surface area contributed by atoms with Gasteiger partial charge in [0.25, 0.3) is 0 Å². The first-order chi connectivity index (χ1) is 18.9. The van der Waals surface area contributed by atoms with Gasteiger partial charge < -0.3 is 19.5 Å². The van der Waals surface area contributed by atoms with Crippen LogP contribution in [0.5, 0.6) is 11.5 Å². The van der Waals surface area contributed by atoms with E-state index in [0.29, 0.717) is 33.6 Å².